The Labute approximate surface area is 191 Å². The second-order valence-electron chi connectivity index (χ2n) is 8.50. The minimum absolute atomic E-state index is 0.0880. The van der Waals surface area contributed by atoms with E-state index in [4.69, 9.17) is 5.73 Å². The van der Waals surface area contributed by atoms with Crippen LogP contribution in [0, 0.1) is 0 Å². The van der Waals surface area contributed by atoms with Crippen LogP contribution in [0.3, 0.4) is 0 Å². The topological polar surface area (TPSA) is 145 Å². The van der Waals surface area contributed by atoms with Crippen molar-refractivity contribution in [3.63, 3.8) is 0 Å². The lowest BCUT2D eigenvalue weighted by molar-refractivity contribution is -0.136. The highest BCUT2D eigenvalue weighted by Crippen LogP contribution is 2.32. The maximum atomic E-state index is 13.1. The van der Waals surface area contributed by atoms with Crippen LogP contribution >= 0.6 is 0 Å². The maximum Gasteiger partial charge on any atom is 0.264 e. The molecule has 0 bridgehead atoms. The summed E-state index contributed by atoms with van der Waals surface area (Å²) in [5.74, 6) is -2.34. The average molecular weight is 457 g/mol. The number of hydrogen-bond donors (Lipinski definition) is 3. The molecule has 0 radical (unpaired) electrons. The van der Waals surface area contributed by atoms with Crippen molar-refractivity contribution < 1.29 is 24.0 Å². The Bertz CT molecular complexity index is 987. The molecule has 1 atom stereocenters. The predicted octanol–water partition coefficient (Wildman–Crippen LogP) is -1.01. The van der Waals surface area contributed by atoms with Crippen LogP contribution in [0.15, 0.2) is 18.2 Å². The van der Waals surface area contributed by atoms with E-state index in [9.17, 15) is 24.0 Å². The van der Waals surface area contributed by atoms with Crippen LogP contribution in [0.4, 0.5) is 5.69 Å². The molecule has 3 heterocycles. The van der Waals surface area contributed by atoms with Crippen LogP contribution in [-0.2, 0) is 14.4 Å². The molecule has 1 aromatic rings. The highest BCUT2D eigenvalue weighted by atomic mass is 16.2. The summed E-state index contributed by atoms with van der Waals surface area (Å²) < 4.78 is 0. The van der Waals surface area contributed by atoms with Gasteiger partial charge in [-0.15, -0.1) is 0 Å². The predicted molar refractivity (Wildman–Crippen MR) is 118 cm³/mol. The smallest absolute Gasteiger partial charge is 0.264 e. The van der Waals surface area contributed by atoms with E-state index in [0.29, 0.717) is 25.2 Å². The lowest BCUT2D eigenvalue weighted by Gasteiger charge is -2.34. The number of anilines is 1. The summed E-state index contributed by atoms with van der Waals surface area (Å²) in [6, 6.07) is 4.06. The van der Waals surface area contributed by atoms with Crippen molar-refractivity contribution in [2.24, 2.45) is 5.73 Å². The molecule has 1 unspecified atom stereocenters. The first-order valence-electron chi connectivity index (χ1n) is 11.2. The number of hydrogen-bond acceptors (Lipinski definition) is 8. The van der Waals surface area contributed by atoms with Gasteiger partial charge in [0.25, 0.3) is 11.8 Å². The van der Waals surface area contributed by atoms with Gasteiger partial charge in [0.15, 0.2) is 0 Å². The van der Waals surface area contributed by atoms with Crippen molar-refractivity contribution in [1.82, 2.24) is 20.0 Å². The molecule has 3 aliphatic rings. The molecule has 4 N–H and O–H groups in total. The van der Waals surface area contributed by atoms with Gasteiger partial charge in [-0.05, 0) is 18.6 Å². The van der Waals surface area contributed by atoms with Gasteiger partial charge in [-0.2, -0.15) is 0 Å². The van der Waals surface area contributed by atoms with Gasteiger partial charge in [0.1, 0.15) is 6.04 Å². The van der Waals surface area contributed by atoms with Gasteiger partial charge in [0.2, 0.25) is 17.7 Å². The fourth-order valence-electron chi connectivity index (χ4n) is 4.52. The first kappa shape index (κ1) is 22.9. The van der Waals surface area contributed by atoms with Crippen molar-refractivity contribution in [1.29, 1.82) is 0 Å². The molecule has 4 rings (SSSR count). The highest BCUT2D eigenvalue weighted by Gasteiger charge is 2.45. The van der Waals surface area contributed by atoms with Crippen molar-refractivity contribution >= 4 is 35.2 Å². The molecule has 11 nitrogen and oxygen atoms in total. The number of carbonyl (C=O) groups excluding carboxylic acids is 5. The molecular weight excluding hydrogens is 428 g/mol. The molecular formula is C22H28N6O5. The average Bonchev–Trinajstić information content (AvgIpc) is 3.04. The first-order chi connectivity index (χ1) is 15.8. The van der Waals surface area contributed by atoms with Gasteiger partial charge in [-0.3, -0.25) is 39.1 Å². The third-order valence-electron chi connectivity index (χ3n) is 6.35. The van der Waals surface area contributed by atoms with Gasteiger partial charge in [0, 0.05) is 64.3 Å². The highest BCUT2D eigenvalue weighted by molar-refractivity contribution is 6.25. The molecule has 3 aliphatic heterocycles. The van der Waals surface area contributed by atoms with Crippen LogP contribution in [0.5, 0.6) is 0 Å². The molecule has 0 aromatic heterocycles. The van der Waals surface area contributed by atoms with E-state index in [-0.39, 0.29) is 29.9 Å². The molecule has 0 aliphatic carbocycles. The van der Waals surface area contributed by atoms with Crippen LogP contribution in [0.2, 0.25) is 0 Å². The van der Waals surface area contributed by atoms with Gasteiger partial charge >= 0.3 is 0 Å². The van der Waals surface area contributed by atoms with Crippen molar-refractivity contribution in [3.05, 3.63) is 29.3 Å². The SMILES string of the molecule is NC(=O)CCN1CCN(CCNc2cccc3c2C(=O)N(C2CCC(=O)NC2=O)C3=O)CC1. The van der Waals surface area contributed by atoms with Gasteiger partial charge in [-0.25, -0.2) is 0 Å². The molecule has 33 heavy (non-hydrogen) atoms. The van der Waals surface area contributed by atoms with Crippen LogP contribution in [-0.4, -0.2) is 96.1 Å². The molecule has 176 valence electrons. The number of rotatable bonds is 8. The Morgan fingerprint density at radius 3 is 2.39 bits per heavy atom. The third kappa shape index (κ3) is 4.88. The number of imide groups is 2. The summed E-state index contributed by atoms with van der Waals surface area (Å²) >= 11 is 0. The number of piperazine rings is 1. The Balaban J connectivity index is 1.34. The fraction of sp³-hybridized carbons (Fsp3) is 0.500. The second kappa shape index (κ2) is 9.67. The standard InChI is InChI=1S/C22H28N6O5/c23-17(29)6-8-26-10-12-27(13-11-26)9-7-24-15-3-1-2-14-19(15)22(33)28(21(14)32)16-4-5-18(30)25-20(16)31/h1-3,16,24H,4-13H2,(H2,23,29)(H,25,30,31). The van der Waals surface area contributed by atoms with E-state index in [1.54, 1.807) is 18.2 Å². The normalized spacial score (nSPS) is 21.8. The monoisotopic (exact) mass is 456 g/mol. The Morgan fingerprint density at radius 1 is 1.03 bits per heavy atom. The summed E-state index contributed by atoms with van der Waals surface area (Å²) in [6.07, 6.45) is 0.582. The van der Waals surface area contributed by atoms with E-state index in [2.05, 4.69) is 20.4 Å². The molecule has 5 amide bonds. The number of fused-ring (bicyclic) bond motifs is 1. The van der Waals surface area contributed by atoms with Gasteiger partial charge < -0.3 is 16.0 Å². The van der Waals surface area contributed by atoms with E-state index in [1.165, 1.54) is 0 Å². The van der Waals surface area contributed by atoms with Crippen molar-refractivity contribution in [2.45, 2.75) is 25.3 Å². The van der Waals surface area contributed by atoms with E-state index in [0.717, 1.165) is 37.6 Å². The second-order valence-corrected chi connectivity index (χ2v) is 8.50. The quantitative estimate of drug-likeness (QED) is 0.422. The molecule has 11 heteroatoms. The molecule has 2 saturated heterocycles. The van der Waals surface area contributed by atoms with Crippen LogP contribution in [0.1, 0.15) is 40.0 Å². The number of nitrogens with zero attached hydrogens (tertiary/aromatic N) is 3. The first-order valence-corrected chi connectivity index (χ1v) is 11.2. The Kier molecular flexibility index (Phi) is 6.70. The lowest BCUT2D eigenvalue weighted by Crippen LogP contribution is -2.54. The summed E-state index contributed by atoms with van der Waals surface area (Å²) in [6.45, 7) is 5.48. The number of piperidine rings is 1. The zero-order chi connectivity index (χ0) is 23.5. The van der Waals surface area contributed by atoms with Gasteiger partial charge in [-0.1, -0.05) is 6.07 Å². The number of primary amides is 1. The Morgan fingerprint density at radius 2 is 1.73 bits per heavy atom. The third-order valence-corrected chi connectivity index (χ3v) is 6.35. The lowest BCUT2D eigenvalue weighted by atomic mass is 10.0. The Hall–Kier alpha value is -3.31. The molecule has 0 spiro atoms. The fourth-order valence-corrected chi connectivity index (χ4v) is 4.52. The van der Waals surface area contributed by atoms with Crippen molar-refractivity contribution in [3.8, 4) is 0 Å². The number of nitrogens with two attached hydrogens (primary N) is 1. The summed E-state index contributed by atoms with van der Waals surface area (Å²) in [7, 11) is 0. The van der Waals surface area contributed by atoms with E-state index < -0.39 is 29.7 Å². The van der Waals surface area contributed by atoms with E-state index in [1.807, 2.05) is 0 Å². The van der Waals surface area contributed by atoms with E-state index >= 15 is 0 Å². The summed E-state index contributed by atoms with van der Waals surface area (Å²) in [5, 5.41) is 5.47. The largest absolute Gasteiger partial charge is 0.383 e. The van der Waals surface area contributed by atoms with Crippen LogP contribution < -0.4 is 16.4 Å². The summed E-state index contributed by atoms with van der Waals surface area (Å²) in [4.78, 5) is 66.1. The van der Waals surface area contributed by atoms with Crippen LogP contribution in [0.25, 0.3) is 0 Å². The number of nitrogens with one attached hydrogen (secondary N) is 2. The zero-order valence-corrected chi connectivity index (χ0v) is 18.3. The molecule has 1 aromatic carbocycles. The maximum absolute atomic E-state index is 13.1. The minimum Gasteiger partial charge on any atom is -0.383 e. The van der Waals surface area contributed by atoms with Crippen molar-refractivity contribution in [2.75, 3.05) is 51.1 Å². The molecule has 0 saturated carbocycles. The number of benzene rings is 1. The minimum atomic E-state index is -0.978. The zero-order valence-electron chi connectivity index (χ0n) is 18.3. The van der Waals surface area contributed by atoms with Gasteiger partial charge in [0.05, 0.1) is 11.1 Å². The summed E-state index contributed by atoms with van der Waals surface area (Å²) in [5.41, 5.74) is 6.30. The number of amides is 5. The molecule has 2 fully saturated rings. The number of carbonyl (C=O) groups is 5.